The summed E-state index contributed by atoms with van der Waals surface area (Å²) >= 11 is 1.63. The number of carbonyl (C=O) groups excluding carboxylic acids is 1. The average molecular weight is 319 g/mol. The average Bonchev–Trinajstić information content (AvgIpc) is 2.73. The Balaban J connectivity index is 0.00000200. The van der Waals surface area contributed by atoms with E-state index in [1.165, 1.54) is 0 Å². The van der Waals surface area contributed by atoms with Gasteiger partial charge in [-0.05, 0) is 13.3 Å². The third-order valence-electron chi connectivity index (χ3n) is 3.31. The lowest BCUT2D eigenvalue weighted by atomic mass is 10.2. The van der Waals surface area contributed by atoms with Crippen molar-refractivity contribution in [2.75, 3.05) is 26.2 Å². The molecule has 1 unspecified atom stereocenters. The fourth-order valence-corrected chi connectivity index (χ4v) is 2.88. The minimum Gasteiger partial charge on any atom is -0.341 e. The Kier molecular flexibility index (Phi) is 7.43. The van der Waals surface area contributed by atoms with Crippen LogP contribution in [-0.2, 0) is 11.3 Å². The van der Waals surface area contributed by atoms with Crippen molar-refractivity contribution in [2.24, 2.45) is 5.73 Å². The number of hydrogen-bond donors (Lipinski definition) is 1. The minimum atomic E-state index is -0.0538. The third kappa shape index (κ3) is 5.36. The molecule has 1 aromatic heterocycles. The highest BCUT2D eigenvalue weighted by Gasteiger charge is 2.19. The second-order valence-corrected chi connectivity index (χ2v) is 5.89. The molecule has 1 aliphatic heterocycles. The van der Waals surface area contributed by atoms with E-state index in [0.29, 0.717) is 6.42 Å². The van der Waals surface area contributed by atoms with Gasteiger partial charge in [-0.3, -0.25) is 9.69 Å². The summed E-state index contributed by atoms with van der Waals surface area (Å²) in [6.07, 6.45) is 1.47. The standard InChI is InChI=1S/C13H22N4OS.ClH/c1-11(14)7-13(18)17-4-2-3-16(5-6-17)8-12-9-19-10-15-12;/h9-11H,2-8,14H2,1H3;1H. The molecule has 5 nitrogen and oxygen atoms in total. The van der Waals surface area contributed by atoms with Crippen LogP contribution < -0.4 is 5.73 Å². The van der Waals surface area contributed by atoms with Crippen molar-refractivity contribution < 1.29 is 4.79 Å². The van der Waals surface area contributed by atoms with Gasteiger partial charge in [-0.15, -0.1) is 23.7 Å². The molecule has 1 aromatic rings. The molecule has 1 aliphatic rings. The van der Waals surface area contributed by atoms with Gasteiger partial charge in [0.2, 0.25) is 5.91 Å². The summed E-state index contributed by atoms with van der Waals surface area (Å²) in [7, 11) is 0. The number of hydrogen-bond acceptors (Lipinski definition) is 5. The molecule has 2 rings (SSSR count). The zero-order valence-corrected chi connectivity index (χ0v) is 13.5. The molecule has 0 aliphatic carbocycles. The fourth-order valence-electron chi connectivity index (χ4n) is 2.33. The monoisotopic (exact) mass is 318 g/mol. The molecular formula is C13H23ClN4OS. The second kappa shape index (κ2) is 8.56. The molecule has 7 heteroatoms. The molecule has 20 heavy (non-hydrogen) atoms. The Morgan fingerprint density at radius 3 is 2.90 bits per heavy atom. The van der Waals surface area contributed by atoms with Crippen LogP contribution >= 0.6 is 23.7 Å². The molecule has 0 saturated carbocycles. The predicted molar refractivity (Wildman–Crippen MR) is 84.1 cm³/mol. The first-order chi connectivity index (χ1) is 9.15. The van der Waals surface area contributed by atoms with Crippen molar-refractivity contribution in [1.82, 2.24) is 14.8 Å². The normalized spacial score (nSPS) is 18.2. The van der Waals surface area contributed by atoms with Crippen LogP contribution in [0.2, 0.25) is 0 Å². The van der Waals surface area contributed by atoms with Crippen molar-refractivity contribution in [3.05, 3.63) is 16.6 Å². The topological polar surface area (TPSA) is 62.5 Å². The molecule has 114 valence electrons. The van der Waals surface area contributed by atoms with Crippen LogP contribution in [0.1, 0.15) is 25.5 Å². The molecular weight excluding hydrogens is 296 g/mol. The van der Waals surface area contributed by atoms with Gasteiger partial charge in [0.25, 0.3) is 0 Å². The van der Waals surface area contributed by atoms with Crippen molar-refractivity contribution >= 4 is 29.7 Å². The summed E-state index contributed by atoms with van der Waals surface area (Å²) in [6.45, 7) is 6.36. The summed E-state index contributed by atoms with van der Waals surface area (Å²) in [5, 5.41) is 2.09. The lowest BCUT2D eigenvalue weighted by Gasteiger charge is -2.22. The van der Waals surface area contributed by atoms with Crippen LogP contribution in [0.15, 0.2) is 10.9 Å². The predicted octanol–water partition coefficient (Wildman–Crippen LogP) is 1.34. The number of halogens is 1. The third-order valence-corrected chi connectivity index (χ3v) is 3.94. The molecule has 2 N–H and O–H groups in total. The van der Waals surface area contributed by atoms with Crippen LogP contribution in [0.5, 0.6) is 0 Å². The smallest absolute Gasteiger partial charge is 0.224 e. The zero-order valence-electron chi connectivity index (χ0n) is 11.8. The van der Waals surface area contributed by atoms with E-state index in [9.17, 15) is 4.79 Å². The lowest BCUT2D eigenvalue weighted by Crippen LogP contribution is -2.37. The Hall–Kier alpha value is -0.690. The van der Waals surface area contributed by atoms with Gasteiger partial charge in [-0.2, -0.15) is 0 Å². The first-order valence-electron chi connectivity index (χ1n) is 6.78. The van der Waals surface area contributed by atoms with Gasteiger partial charge in [0.1, 0.15) is 0 Å². The van der Waals surface area contributed by atoms with Gasteiger partial charge in [-0.25, -0.2) is 4.98 Å². The lowest BCUT2D eigenvalue weighted by molar-refractivity contribution is -0.131. The Labute approximate surface area is 130 Å². The number of thiazole rings is 1. The molecule has 1 amide bonds. The van der Waals surface area contributed by atoms with Crippen molar-refractivity contribution in [3.63, 3.8) is 0 Å². The fraction of sp³-hybridized carbons (Fsp3) is 0.692. The summed E-state index contributed by atoms with van der Waals surface area (Å²) in [5.41, 5.74) is 8.68. The highest BCUT2D eigenvalue weighted by molar-refractivity contribution is 7.07. The Bertz CT molecular complexity index is 399. The van der Waals surface area contributed by atoms with E-state index >= 15 is 0 Å². The second-order valence-electron chi connectivity index (χ2n) is 5.17. The molecule has 1 fully saturated rings. The summed E-state index contributed by atoms with van der Waals surface area (Å²) in [6, 6.07) is -0.0538. The highest BCUT2D eigenvalue weighted by atomic mass is 35.5. The van der Waals surface area contributed by atoms with Gasteiger partial charge in [0.15, 0.2) is 0 Å². The minimum absolute atomic E-state index is 0. The summed E-state index contributed by atoms with van der Waals surface area (Å²) in [4.78, 5) is 20.6. The van der Waals surface area contributed by atoms with E-state index in [1.54, 1.807) is 11.3 Å². The SMILES string of the molecule is CC(N)CC(=O)N1CCCN(Cc2cscn2)CC1.Cl. The van der Waals surface area contributed by atoms with Gasteiger partial charge in [0, 0.05) is 50.6 Å². The number of rotatable bonds is 4. The van der Waals surface area contributed by atoms with E-state index in [2.05, 4.69) is 15.3 Å². The summed E-state index contributed by atoms with van der Waals surface area (Å²) < 4.78 is 0. The molecule has 0 aromatic carbocycles. The number of nitrogens with zero attached hydrogens (tertiary/aromatic N) is 3. The molecule has 1 saturated heterocycles. The van der Waals surface area contributed by atoms with E-state index in [0.717, 1.165) is 44.8 Å². The first-order valence-corrected chi connectivity index (χ1v) is 7.72. The molecule has 0 spiro atoms. The summed E-state index contributed by atoms with van der Waals surface area (Å²) in [5.74, 6) is 0.186. The van der Waals surface area contributed by atoms with Crippen LogP contribution in [0.3, 0.4) is 0 Å². The van der Waals surface area contributed by atoms with Gasteiger partial charge in [0.05, 0.1) is 11.2 Å². The van der Waals surface area contributed by atoms with Gasteiger partial charge in [-0.1, -0.05) is 0 Å². The molecule has 0 bridgehead atoms. The quantitative estimate of drug-likeness (QED) is 0.910. The number of carbonyl (C=O) groups is 1. The van der Waals surface area contributed by atoms with Crippen molar-refractivity contribution in [2.45, 2.75) is 32.4 Å². The molecule has 1 atom stereocenters. The zero-order chi connectivity index (χ0) is 13.7. The van der Waals surface area contributed by atoms with Crippen LogP contribution in [0, 0.1) is 0 Å². The van der Waals surface area contributed by atoms with E-state index in [1.807, 2.05) is 17.3 Å². The molecule has 0 radical (unpaired) electrons. The number of nitrogens with two attached hydrogens (primary N) is 1. The van der Waals surface area contributed by atoms with Crippen LogP contribution in [0.25, 0.3) is 0 Å². The first kappa shape index (κ1) is 17.4. The van der Waals surface area contributed by atoms with Crippen molar-refractivity contribution in [1.29, 1.82) is 0 Å². The van der Waals surface area contributed by atoms with E-state index in [4.69, 9.17) is 5.73 Å². The van der Waals surface area contributed by atoms with Crippen LogP contribution in [-0.4, -0.2) is 52.9 Å². The van der Waals surface area contributed by atoms with E-state index < -0.39 is 0 Å². The van der Waals surface area contributed by atoms with Gasteiger partial charge < -0.3 is 10.6 Å². The van der Waals surface area contributed by atoms with Gasteiger partial charge >= 0.3 is 0 Å². The Morgan fingerprint density at radius 2 is 2.25 bits per heavy atom. The Morgan fingerprint density at radius 1 is 1.45 bits per heavy atom. The largest absolute Gasteiger partial charge is 0.341 e. The maximum absolute atomic E-state index is 12.0. The number of amides is 1. The van der Waals surface area contributed by atoms with Crippen molar-refractivity contribution in [3.8, 4) is 0 Å². The van der Waals surface area contributed by atoms with E-state index in [-0.39, 0.29) is 24.4 Å². The maximum atomic E-state index is 12.0. The maximum Gasteiger partial charge on any atom is 0.224 e. The van der Waals surface area contributed by atoms with Crippen LogP contribution in [0.4, 0.5) is 0 Å². The highest BCUT2D eigenvalue weighted by Crippen LogP contribution is 2.10. The number of aromatic nitrogens is 1. The molecule has 2 heterocycles.